The average molecular weight is 290 g/mol. The predicted octanol–water partition coefficient (Wildman–Crippen LogP) is 3.94. The number of nitro groups is 1. The molecule has 21 heavy (non-hydrogen) atoms. The minimum absolute atomic E-state index is 0.00561. The monoisotopic (exact) mass is 290 g/mol. The van der Waals surface area contributed by atoms with Gasteiger partial charge in [0.1, 0.15) is 11.6 Å². The van der Waals surface area contributed by atoms with E-state index in [9.17, 15) is 14.5 Å². The van der Waals surface area contributed by atoms with Gasteiger partial charge in [-0.15, -0.1) is 0 Å². The van der Waals surface area contributed by atoms with E-state index in [4.69, 9.17) is 10.5 Å². The van der Waals surface area contributed by atoms with Crippen LogP contribution >= 0.6 is 0 Å². The highest BCUT2D eigenvalue weighted by Crippen LogP contribution is 2.32. The van der Waals surface area contributed by atoms with Crippen LogP contribution in [-0.4, -0.2) is 4.92 Å². The summed E-state index contributed by atoms with van der Waals surface area (Å²) in [5.41, 5.74) is 6.45. The molecule has 2 rings (SSSR count). The van der Waals surface area contributed by atoms with Crippen molar-refractivity contribution in [3.63, 3.8) is 0 Å². The molecular formula is C15H15FN2O3. The number of nitrogens with zero attached hydrogens (tertiary/aromatic N) is 1. The molecule has 0 saturated carbocycles. The molecule has 2 N–H and O–H groups in total. The number of rotatable bonds is 5. The molecule has 2 aromatic carbocycles. The molecule has 0 fully saturated rings. The van der Waals surface area contributed by atoms with E-state index < -0.39 is 16.4 Å². The summed E-state index contributed by atoms with van der Waals surface area (Å²) in [6.07, 6.45) is 0.809. The number of halogens is 1. The van der Waals surface area contributed by atoms with Crippen LogP contribution in [0.25, 0.3) is 0 Å². The van der Waals surface area contributed by atoms with Crippen molar-refractivity contribution in [1.82, 2.24) is 0 Å². The summed E-state index contributed by atoms with van der Waals surface area (Å²) < 4.78 is 18.5. The Kier molecular flexibility index (Phi) is 4.49. The molecule has 1 atom stereocenters. The fourth-order valence-corrected chi connectivity index (χ4v) is 1.87. The summed E-state index contributed by atoms with van der Waals surface area (Å²) in [6, 6.07) is 10.1. The van der Waals surface area contributed by atoms with Gasteiger partial charge in [0.15, 0.2) is 0 Å². The zero-order chi connectivity index (χ0) is 15.4. The number of hydrogen-bond acceptors (Lipinski definition) is 4. The lowest BCUT2D eigenvalue weighted by Gasteiger charge is -2.10. The summed E-state index contributed by atoms with van der Waals surface area (Å²) in [7, 11) is 0. The Balaban J connectivity index is 2.24. The van der Waals surface area contributed by atoms with E-state index in [-0.39, 0.29) is 11.8 Å². The van der Waals surface area contributed by atoms with E-state index in [2.05, 4.69) is 0 Å². The zero-order valence-electron chi connectivity index (χ0n) is 11.5. The van der Waals surface area contributed by atoms with Gasteiger partial charge in [-0.3, -0.25) is 10.1 Å². The van der Waals surface area contributed by atoms with Crippen LogP contribution in [0.15, 0.2) is 42.5 Å². The lowest BCUT2D eigenvalue weighted by molar-refractivity contribution is -0.385. The average Bonchev–Trinajstić information content (AvgIpc) is 2.49. The van der Waals surface area contributed by atoms with Crippen LogP contribution in [0.1, 0.15) is 24.9 Å². The highest BCUT2D eigenvalue weighted by atomic mass is 19.1. The van der Waals surface area contributed by atoms with Crippen molar-refractivity contribution < 1.29 is 14.1 Å². The van der Waals surface area contributed by atoms with Crippen LogP contribution in [0.2, 0.25) is 0 Å². The number of hydrogen-bond donors (Lipinski definition) is 1. The third kappa shape index (κ3) is 3.55. The molecule has 5 nitrogen and oxygen atoms in total. The van der Waals surface area contributed by atoms with Crippen LogP contribution in [0.4, 0.5) is 10.1 Å². The SMILES string of the molecule is CC[C@H](N)c1ccc(Oc2ccc(F)cc2[N+](=O)[O-])cc1. The third-order valence-electron chi connectivity index (χ3n) is 3.09. The molecule has 0 spiro atoms. The molecule has 110 valence electrons. The summed E-state index contributed by atoms with van der Waals surface area (Å²) in [4.78, 5) is 10.2. The molecule has 0 unspecified atom stereocenters. The second-order valence-corrected chi connectivity index (χ2v) is 4.55. The first-order chi connectivity index (χ1) is 10.0. The Morgan fingerprint density at radius 1 is 1.29 bits per heavy atom. The largest absolute Gasteiger partial charge is 0.450 e. The van der Waals surface area contributed by atoms with E-state index in [1.807, 2.05) is 6.92 Å². The van der Waals surface area contributed by atoms with Crippen molar-refractivity contribution >= 4 is 5.69 Å². The number of ether oxygens (including phenoxy) is 1. The van der Waals surface area contributed by atoms with Gasteiger partial charge in [-0.2, -0.15) is 0 Å². The predicted molar refractivity (Wildman–Crippen MR) is 76.8 cm³/mol. The Morgan fingerprint density at radius 3 is 2.52 bits per heavy atom. The standard InChI is InChI=1S/C15H15FN2O3/c1-2-13(17)10-3-6-12(7-4-10)21-15-8-5-11(16)9-14(15)18(19)20/h3-9,13H,2,17H2,1H3/t13-/m0/s1. The van der Waals surface area contributed by atoms with Gasteiger partial charge in [-0.25, -0.2) is 4.39 Å². The smallest absolute Gasteiger partial charge is 0.314 e. The molecular weight excluding hydrogens is 275 g/mol. The fourth-order valence-electron chi connectivity index (χ4n) is 1.87. The lowest BCUT2D eigenvalue weighted by atomic mass is 10.1. The Hall–Kier alpha value is -2.47. The molecule has 2 aromatic rings. The summed E-state index contributed by atoms with van der Waals surface area (Å²) >= 11 is 0. The van der Waals surface area contributed by atoms with E-state index in [1.54, 1.807) is 24.3 Å². The second kappa shape index (κ2) is 6.32. The van der Waals surface area contributed by atoms with E-state index in [0.29, 0.717) is 5.75 Å². The Labute approximate surface area is 121 Å². The van der Waals surface area contributed by atoms with Crippen LogP contribution < -0.4 is 10.5 Å². The van der Waals surface area contributed by atoms with Crippen LogP contribution in [0, 0.1) is 15.9 Å². The molecule has 0 aliphatic heterocycles. The highest BCUT2D eigenvalue weighted by Gasteiger charge is 2.17. The Bertz CT molecular complexity index is 644. The van der Waals surface area contributed by atoms with Gasteiger partial charge in [0.25, 0.3) is 0 Å². The number of nitro benzene ring substituents is 1. The van der Waals surface area contributed by atoms with Crippen molar-refractivity contribution in [3.05, 3.63) is 64.0 Å². The summed E-state index contributed by atoms with van der Waals surface area (Å²) in [5, 5.41) is 10.9. The van der Waals surface area contributed by atoms with Gasteiger partial charge in [-0.1, -0.05) is 19.1 Å². The van der Waals surface area contributed by atoms with E-state index >= 15 is 0 Å². The molecule has 0 saturated heterocycles. The molecule has 0 bridgehead atoms. The van der Waals surface area contributed by atoms with Crippen molar-refractivity contribution in [3.8, 4) is 11.5 Å². The zero-order valence-corrected chi connectivity index (χ0v) is 11.5. The number of nitrogens with two attached hydrogens (primary N) is 1. The van der Waals surface area contributed by atoms with Crippen LogP contribution in [0.5, 0.6) is 11.5 Å². The van der Waals surface area contributed by atoms with Crippen LogP contribution in [-0.2, 0) is 0 Å². The maximum absolute atomic E-state index is 13.1. The lowest BCUT2D eigenvalue weighted by Crippen LogP contribution is -2.08. The first-order valence-corrected chi connectivity index (χ1v) is 6.48. The summed E-state index contributed by atoms with van der Waals surface area (Å²) in [5.74, 6) is -0.260. The third-order valence-corrected chi connectivity index (χ3v) is 3.09. The van der Waals surface area contributed by atoms with E-state index in [0.717, 1.165) is 24.1 Å². The van der Waals surface area contributed by atoms with E-state index in [1.165, 1.54) is 6.07 Å². The molecule has 0 aromatic heterocycles. The van der Waals surface area contributed by atoms with Crippen molar-refractivity contribution in [2.75, 3.05) is 0 Å². The summed E-state index contributed by atoms with van der Waals surface area (Å²) in [6.45, 7) is 1.98. The van der Waals surface area contributed by atoms with Gasteiger partial charge < -0.3 is 10.5 Å². The fraction of sp³-hybridized carbons (Fsp3) is 0.200. The maximum atomic E-state index is 13.1. The molecule has 0 aliphatic rings. The molecule has 0 heterocycles. The molecule has 0 radical (unpaired) electrons. The van der Waals surface area contributed by atoms with Crippen molar-refractivity contribution in [2.24, 2.45) is 5.73 Å². The normalized spacial score (nSPS) is 12.0. The van der Waals surface area contributed by atoms with Gasteiger partial charge in [-0.05, 0) is 36.2 Å². The van der Waals surface area contributed by atoms with Gasteiger partial charge >= 0.3 is 5.69 Å². The quantitative estimate of drug-likeness (QED) is 0.668. The van der Waals surface area contributed by atoms with Gasteiger partial charge in [0.2, 0.25) is 5.75 Å². The maximum Gasteiger partial charge on any atom is 0.314 e. The van der Waals surface area contributed by atoms with Crippen molar-refractivity contribution in [2.45, 2.75) is 19.4 Å². The molecule has 6 heteroatoms. The first-order valence-electron chi connectivity index (χ1n) is 6.48. The Morgan fingerprint density at radius 2 is 1.95 bits per heavy atom. The minimum Gasteiger partial charge on any atom is -0.450 e. The minimum atomic E-state index is -0.682. The van der Waals surface area contributed by atoms with Gasteiger partial charge in [0.05, 0.1) is 11.0 Å². The van der Waals surface area contributed by atoms with Crippen molar-refractivity contribution in [1.29, 1.82) is 0 Å². The number of benzene rings is 2. The topological polar surface area (TPSA) is 78.4 Å². The molecule has 0 aliphatic carbocycles. The highest BCUT2D eigenvalue weighted by molar-refractivity contribution is 5.48. The molecule has 0 amide bonds. The van der Waals surface area contributed by atoms with Crippen LogP contribution in [0.3, 0.4) is 0 Å². The first kappa shape index (κ1) is 14.9. The second-order valence-electron chi connectivity index (χ2n) is 4.55. The van der Waals surface area contributed by atoms with Gasteiger partial charge in [0, 0.05) is 6.04 Å².